The summed E-state index contributed by atoms with van der Waals surface area (Å²) in [5, 5.41) is 16.2. The number of carbonyl (C=O) groups excluding carboxylic acids is 3. The normalized spacial score (nSPS) is 18.7. The first-order valence-corrected chi connectivity index (χ1v) is 10.2. The van der Waals surface area contributed by atoms with Crippen molar-refractivity contribution in [2.75, 3.05) is 18.5 Å². The van der Waals surface area contributed by atoms with Gasteiger partial charge < -0.3 is 20.1 Å². The molecular formula is C23H20N4O5. The van der Waals surface area contributed by atoms with Crippen molar-refractivity contribution in [1.29, 1.82) is 0 Å². The summed E-state index contributed by atoms with van der Waals surface area (Å²) in [7, 11) is 0. The van der Waals surface area contributed by atoms with Crippen molar-refractivity contribution < 1.29 is 24.2 Å². The lowest BCUT2D eigenvalue weighted by Crippen LogP contribution is -2.18. The molecule has 1 aliphatic heterocycles. The second-order valence-corrected chi connectivity index (χ2v) is 7.77. The van der Waals surface area contributed by atoms with Gasteiger partial charge in [-0.25, -0.2) is 10.2 Å². The van der Waals surface area contributed by atoms with Gasteiger partial charge >= 0.3 is 5.97 Å². The fraction of sp³-hybridized carbons (Fsp3) is 0.217. The van der Waals surface area contributed by atoms with Crippen LogP contribution >= 0.6 is 0 Å². The molecular weight excluding hydrogens is 412 g/mol. The maximum Gasteiger partial charge on any atom is 0.355 e. The van der Waals surface area contributed by atoms with Crippen LogP contribution in [0.1, 0.15) is 44.3 Å². The number of hydrogen-bond acceptors (Lipinski definition) is 6. The van der Waals surface area contributed by atoms with Gasteiger partial charge in [0.2, 0.25) is 5.91 Å². The predicted octanol–water partition coefficient (Wildman–Crippen LogP) is 2.14. The van der Waals surface area contributed by atoms with E-state index in [0.717, 1.165) is 12.0 Å². The highest BCUT2D eigenvalue weighted by Crippen LogP contribution is 2.48. The quantitative estimate of drug-likeness (QED) is 0.443. The molecule has 2 atom stereocenters. The van der Waals surface area contributed by atoms with E-state index in [9.17, 15) is 14.4 Å². The average Bonchev–Trinajstić information content (AvgIpc) is 3.55. The van der Waals surface area contributed by atoms with Crippen molar-refractivity contribution in [2.45, 2.75) is 12.3 Å². The van der Waals surface area contributed by atoms with Crippen LogP contribution in [0.5, 0.6) is 0 Å². The van der Waals surface area contributed by atoms with E-state index < -0.39 is 11.9 Å². The van der Waals surface area contributed by atoms with Crippen molar-refractivity contribution in [3.05, 3.63) is 64.8 Å². The largest absolute Gasteiger partial charge is 0.459 e. The molecule has 0 bridgehead atoms. The number of aromatic nitrogens is 1. The van der Waals surface area contributed by atoms with Crippen LogP contribution in [0.15, 0.2) is 47.6 Å². The van der Waals surface area contributed by atoms with Crippen LogP contribution in [0.25, 0.3) is 10.9 Å². The summed E-state index contributed by atoms with van der Waals surface area (Å²) in [5.41, 5.74) is 5.26. The van der Waals surface area contributed by atoms with E-state index in [1.54, 1.807) is 12.1 Å². The number of rotatable bonds is 6. The van der Waals surface area contributed by atoms with Crippen molar-refractivity contribution in [1.82, 2.24) is 10.4 Å². The summed E-state index contributed by atoms with van der Waals surface area (Å²) >= 11 is 0. The number of amides is 2. The highest BCUT2D eigenvalue weighted by Gasteiger charge is 2.43. The molecule has 1 saturated carbocycles. The van der Waals surface area contributed by atoms with E-state index in [1.165, 1.54) is 6.21 Å². The second-order valence-electron chi connectivity index (χ2n) is 7.77. The molecule has 32 heavy (non-hydrogen) atoms. The number of esters is 1. The summed E-state index contributed by atoms with van der Waals surface area (Å²) in [6.45, 7) is -0.456. The first-order chi connectivity index (χ1) is 15.6. The van der Waals surface area contributed by atoms with E-state index in [1.807, 2.05) is 30.3 Å². The SMILES string of the molecule is O=C(OCCO)c1[nH]c2cc(NC(=O)[C@@H]3C[C@H]3c3ccccc3)cc3c2c1C=NNC3=O. The summed E-state index contributed by atoms with van der Waals surface area (Å²) in [5.74, 6) is -1.20. The smallest absolute Gasteiger partial charge is 0.355 e. The molecule has 0 spiro atoms. The monoisotopic (exact) mass is 432 g/mol. The van der Waals surface area contributed by atoms with Gasteiger partial charge in [0, 0.05) is 28.1 Å². The van der Waals surface area contributed by atoms with Crippen molar-refractivity contribution in [3.8, 4) is 0 Å². The number of carbonyl (C=O) groups is 3. The number of anilines is 1. The zero-order chi connectivity index (χ0) is 22.2. The molecule has 2 aliphatic rings. The Kier molecular flexibility index (Phi) is 4.95. The Labute approximate surface area is 182 Å². The summed E-state index contributed by atoms with van der Waals surface area (Å²) in [6, 6.07) is 13.1. The number of H-pyrrole nitrogens is 1. The molecule has 0 radical (unpaired) electrons. The first kappa shape index (κ1) is 20.0. The van der Waals surface area contributed by atoms with Crippen molar-refractivity contribution >= 4 is 40.6 Å². The molecule has 9 nitrogen and oxygen atoms in total. The number of hydrazone groups is 1. The third-order valence-electron chi connectivity index (χ3n) is 5.69. The summed E-state index contributed by atoms with van der Waals surface area (Å²) < 4.78 is 5.01. The molecule has 1 aromatic heterocycles. The Morgan fingerprint density at radius 1 is 1.22 bits per heavy atom. The number of ether oxygens (including phenoxy) is 1. The third-order valence-corrected chi connectivity index (χ3v) is 5.69. The van der Waals surface area contributed by atoms with E-state index in [2.05, 4.69) is 20.8 Å². The topological polar surface area (TPSA) is 133 Å². The Morgan fingerprint density at radius 3 is 2.81 bits per heavy atom. The Balaban J connectivity index is 1.45. The Morgan fingerprint density at radius 2 is 2.03 bits per heavy atom. The minimum Gasteiger partial charge on any atom is -0.459 e. The van der Waals surface area contributed by atoms with Crippen LogP contribution in [-0.2, 0) is 9.53 Å². The molecule has 2 heterocycles. The number of aliphatic hydroxyl groups excluding tert-OH is 1. The molecule has 1 aliphatic carbocycles. The number of nitrogens with one attached hydrogen (secondary N) is 3. The van der Waals surface area contributed by atoms with Crippen LogP contribution in [0.2, 0.25) is 0 Å². The van der Waals surface area contributed by atoms with Gasteiger partial charge in [0.25, 0.3) is 5.91 Å². The van der Waals surface area contributed by atoms with Crippen LogP contribution in [0, 0.1) is 5.92 Å². The maximum absolute atomic E-state index is 12.8. The van der Waals surface area contributed by atoms with Gasteiger partial charge in [-0.2, -0.15) is 5.10 Å². The molecule has 4 N–H and O–H groups in total. The Hall–Kier alpha value is -3.98. The van der Waals surface area contributed by atoms with Crippen molar-refractivity contribution in [2.24, 2.45) is 11.0 Å². The lowest BCUT2D eigenvalue weighted by atomic mass is 10.0. The van der Waals surface area contributed by atoms with Gasteiger partial charge in [0.05, 0.1) is 18.4 Å². The van der Waals surface area contributed by atoms with E-state index >= 15 is 0 Å². The lowest BCUT2D eigenvalue weighted by Gasteiger charge is -2.08. The van der Waals surface area contributed by atoms with Gasteiger partial charge in [0.15, 0.2) is 0 Å². The summed E-state index contributed by atoms with van der Waals surface area (Å²) in [4.78, 5) is 40.8. The van der Waals surface area contributed by atoms with Gasteiger partial charge in [-0.3, -0.25) is 9.59 Å². The number of nitrogens with zero attached hydrogens (tertiary/aromatic N) is 1. The zero-order valence-corrected chi connectivity index (χ0v) is 16.9. The van der Waals surface area contributed by atoms with E-state index in [4.69, 9.17) is 9.84 Å². The number of aromatic amines is 1. The fourth-order valence-corrected chi connectivity index (χ4v) is 4.11. The highest BCUT2D eigenvalue weighted by atomic mass is 16.5. The van der Waals surface area contributed by atoms with Crippen LogP contribution in [0.3, 0.4) is 0 Å². The van der Waals surface area contributed by atoms with E-state index in [0.29, 0.717) is 22.2 Å². The van der Waals surface area contributed by atoms with Gasteiger partial charge in [-0.1, -0.05) is 30.3 Å². The molecule has 1 fully saturated rings. The predicted molar refractivity (Wildman–Crippen MR) is 117 cm³/mol. The van der Waals surface area contributed by atoms with Crippen LogP contribution < -0.4 is 10.7 Å². The lowest BCUT2D eigenvalue weighted by molar-refractivity contribution is -0.117. The minimum absolute atomic E-state index is 0.116. The fourth-order valence-electron chi connectivity index (χ4n) is 4.11. The molecule has 2 amide bonds. The molecule has 2 aromatic carbocycles. The summed E-state index contributed by atoms with van der Waals surface area (Å²) in [6.07, 6.45) is 2.14. The zero-order valence-electron chi connectivity index (χ0n) is 16.9. The maximum atomic E-state index is 12.8. The van der Waals surface area contributed by atoms with Gasteiger partial charge in [-0.05, 0) is 30.0 Å². The Bertz CT molecular complexity index is 1260. The van der Waals surface area contributed by atoms with Gasteiger partial charge in [0.1, 0.15) is 12.3 Å². The average molecular weight is 432 g/mol. The van der Waals surface area contributed by atoms with Gasteiger partial charge in [-0.15, -0.1) is 0 Å². The van der Waals surface area contributed by atoms with Crippen LogP contribution in [-0.4, -0.2) is 47.3 Å². The third kappa shape index (κ3) is 3.52. The first-order valence-electron chi connectivity index (χ1n) is 10.2. The molecule has 3 aromatic rings. The van der Waals surface area contributed by atoms with E-state index in [-0.39, 0.29) is 42.2 Å². The number of hydrogen-bond donors (Lipinski definition) is 4. The van der Waals surface area contributed by atoms with Crippen molar-refractivity contribution in [3.63, 3.8) is 0 Å². The molecule has 0 unspecified atom stereocenters. The molecule has 162 valence electrons. The number of aliphatic hydroxyl groups is 1. The number of benzene rings is 2. The second kappa shape index (κ2) is 7.93. The highest BCUT2D eigenvalue weighted by molar-refractivity contribution is 6.19. The molecule has 0 saturated heterocycles. The molecule has 9 heteroatoms. The standard InChI is InChI=1S/C23H20N4O5/c28-6-7-32-23(31)20-17-11-24-27-22(30)16-8-13(9-18(26-20)19(16)17)25-21(29)15-10-14(15)12-4-2-1-3-5-12/h1-5,8-9,11,14-15,26,28H,6-7,10H2,(H,25,29)(H,27,30)/t14-,15+/m0/s1. The molecule has 5 rings (SSSR count). The van der Waals surface area contributed by atoms with Crippen LogP contribution in [0.4, 0.5) is 5.69 Å². The minimum atomic E-state index is -0.675.